The number of fused-ring (bicyclic) bond motifs is 1. The summed E-state index contributed by atoms with van der Waals surface area (Å²) in [6.45, 7) is 1.67. The second kappa shape index (κ2) is 6.48. The topological polar surface area (TPSA) is 95.9 Å². The lowest BCUT2D eigenvalue weighted by molar-refractivity contribution is 0.106. The average molecular weight is 247 g/mol. The molecule has 0 aliphatic heterocycles. The van der Waals surface area contributed by atoms with Gasteiger partial charge in [0.05, 0.1) is 30.6 Å². The van der Waals surface area contributed by atoms with Gasteiger partial charge in [0.1, 0.15) is 12.4 Å². The van der Waals surface area contributed by atoms with E-state index < -0.39 is 0 Å². The van der Waals surface area contributed by atoms with Gasteiger partial charge >= 0.3 is 0 Å². The molecule has 1 heterocycles. The van der Waals surface area contributed by atoms with E-state index in [9.17, 15) is 0 Å². The third-order valence-corrected chi connectivity index (χ3v) is 2.29. The molecule has 0 aliphatic rings. The van der Waals surface area contributed by atoms with Crippen LogP contribution in [-0.4, -0.2) is 36.3 Å². The Morgan fingerprint density at radius 2 is 2.28 bits per heavy atom. The zero-order valence-electron chi connectivity index (χ0n) is 9.74. The summed E-state index contributed by atoms with van der Waals surface area (Å²) in [5.74, 6) is 0.769. The zero-order chi connectivity index (χ0) is 12.6. The normalized spacial score (nSPS) is 10.2. The van der Waals surface area contributed by atoms with E-state index in [-0.39, 0.29) is 0 Å². The number of azide groups is 1. The predicted octanol–water partition coefficient (Wildman–Crippen LogP) is 2.27. The van der Waals surface area contributed by atoms with Crippen molar-refractivity contribution in [3.05, 3.63) is 35.0 Å². The van der Waals surface area contributed by atoms with Crippen molar-refractivity contribution in [1.82, 2.24) is 9.97 Å². The van der Waals surface area contributed by atoms with E-state index in [1.54, 1.807) is 6.33 Å². The van der Waals surface area contributed by atoms with E-state index in [0.717, 1.165) is 16.8 Å². The van der Waals surface area contributed by atoms with Crippen LogP contribution in [0.2, 0.25) is 0 Å². The van der Waals surface area contributed by atoms with Crippen LogP contribution in [0.4, 0.5) is 0 Å². The fourth-order valence-electron chi connectivity index (χ4n) is 1.48. The summed E-state index contributed by atoms with van der Waals surface area (Å²) in [6.07, 6.45) is 1.65. The van der Waals surface area contributed by atoms with Crippen molar-refractivity contribution in [3.8, 4) is 5.75 Å². The second-order valence-electron chi connectivity index (χ2n) is 3.50. The Balaban J connectivity index is 1.71. The Kier molecular flexibility index (Phi) is 4.40. The van der Waals surface area contributed by atoms with Crippen LogP contribution in [0.3, 0.4) is 0 Å². The first kappa shape index (κ1) is 12.2. The Labute approximate surface area is 103 Å². The van der Waals surface area contributed by atoms with Gasteiger partial charge in [-0.2, -0.15) is 0 Å². The van der Waals surface area contributed by atoms with Crippen molar-refractivity contribution >= 4 is 11.0 Å². The largest absolute Gasteiger partial charge is 0.491 e. The summed E-state index contributed by atoms with van der Waals surface area (Å²) < 4.78 is 10.7. The van der Waals surface area contributed by atoms with E-state index in [0.29, 0.717) is 26.4 Å². The molecule has 0 fully saturated rings. The van der Waals surface area contributed by atoms with Gasteiger partial charge in [0.2, 0.25) is 0 Å². The predicted molar refractivity (Wildman–Crippen MR) is 66.4 cm³/mol. The molecule has 0 bridgehead atoms. The van der Waals surface area contributed by atoms with E-state index in [4.69, 9.17) is 15.0 Å². The van der Waals surface area contributed by atoms with Crippen LogP contribution in [0.15, 0.2) is 29.6 Å². The molecule has 18 heavy (non-hydrogen) atoms. The van der Waals surface area contributed by atoms with Gasteiger partial charge in [-0.1, -0.05) is 5.11 Å². The highest BCUT2D eigenvalue weighted by molar-refractivity contribution is 5.75. The summed E-state index contributed by atoms with van der Waals surface area (Å²) in [5, 5.41) is 3.36. The number of H-pyrrole nitrogens is 1. The van der Waals surface area contributed by atoms with Crippen molar-refractivity contribution < 1.29 is 9.47 Å². The summed E-state index contributed by atoms with van der Waals surface area (Å²) in [6, 6.07) is 5.65. The number of ether oxygens (including phenoxy) is 2. The minimum absolute atomic E-state index is 0.344. The van der Waals surface area contributed by atoms with Gasteiger partial charge in [0, 0.05) is 17.5 Å². The molecule has 2 aromatic rings. The van der Waals surface area contributed by atoms with Gasteiger partial charge in [0.25, 0.3) is 0 Å². The quantitative estimate of drug-likeness (QED) is 0.352. The Morgan fingerprint density at radius 1 is 1.33 bits per heavy atom. The monoisotopic (exact) mass is 247 g/mol. The number of hydrogen-bond donors (Lipinski definition) is 1. The van der Waals surface area contributed by atoms with Crippen LogP contribution in [-0.2, 0) is 4.74 Å². The minimum Gasteiger partial charge on any atom is -0.491 e. The van der Waals surface area contributed by atoms with E-state index in [1.165, 1.54) is 0 Å². The van der Waals surface area contributed by atoms with Gasteiger partial charge < -0.3 is 14.5 Å². The Morgan fingerprint density at radius 3 is 3.17 bits per heavy atom. The Bertz CT molecular complexity index is 547. The standard InChI is InChI=1S/C11H13N5O2/c12-16-15-3-4-17-5-6-18-9-1-2-10-11(7-9)14-8-13-10/h1-2,7-8H,3-6H2,(H,13,14). The molecule has 94 valence electrons. The number of rotatable bonds is 7. The van der Waals surface area contributed by atoms with Crippen LogP contribution < -0.4 is 4.74 Å². The summed E-state index contributed by atoms with van der Waals surface area (Å²) in [4.78, 5) is 9.77. The molecule has 0 spiro atoms. The lowest BCUT2D eigenvalue weighted by atomic mass is 10.3. The first-order valence-electron chi connectivity index (χ1n) is 5.54. The second-order valence-corrected chi connectivity index (χ2v) is 3.50. The maximum absolute atomic E-state index is 8.06. The van der Waals surface area contributed by atoms with Gasteiger partial charge in [-0.25, -0.2) is 4.98 Å². The molecule has 0 saturated heterocycles. The molecular formula is C11H13N5O2. The molecule has 1 aromatic heterocycles. The third kappa shape index (κ3) is 3.38. The molecule has 0 atom stereocenters. The molecule has 0 radical (unpaired) electrons. The molecule has 7 heteroatoms. The number of hydrogen-bond acceptors (Lipinski definition) is 4. The molecule has 0 amide bonds. The van der Waals surface area contributed by atoms with Crippen molar-refractivity contribution in [2.45, 2.75) is 0 Å². The highest BCUT2D eigenvalue weighted by atomic mass is 16.5. The van der Waals surface area contributed by atoms with Crippen LogP contribution in [0, 0.1) is 0 Å². The summed E-state index contributed by atoms with van der Waals surface area (Å²) >= 11 is 0. The fourth-order valence-corrected chi connectivity index (χ4v) is 1.48. The van der Waals surface area contributed by atoms with Crippen LogP contribution in [0.1, 0.15) is 0 Å². The SMILES string of the molecule is [N-]=[N+]=NCCOCCOc1ccc2nc[nH]c2c1. The third-order valence-electron chi connectivity index (χ3n) is 2.29. The van der Waals surface area contributed by atoms with Crippen LogP contribution in [0.25, 0.3) is 21.5 Å². The number of nitrogens with zero attached hydrogens (tertiary/aromatic N) is 4. The molecule has 0 unspecified atom stereocenters. The lowest BCUT2D eigenvalue weighted by Crippen LogP contribution is -2.08. The first-order valence-corrected chi connectivity index (χ1v) is 5.54. The number of imidazole rings is 1. The van der Waals surface area contributed by atoms with Gasteiger partial charge in [-0.05, 0) is 17.7 Å². The van der Waals surface area contributed by atoms with E-state index in [2.05, 4.69) is 20.0 Å². The maximum atomic E-state index is 8.06. The highest BCUT2D eigenvalue weighted by Gasteiger charge is 1.98. The van der Waals surface area contributed by atoms with Crippen molar-refractivity contribution in [2.75, 3.05) is 26.4 Å². The number of nitrogens with one attached hydrogen (secondary N) is 1. The molecule has 2 rings (SSSR count). The molecular weight excluding hydrogens is 234 g/mol. The van der Waals surface area contributed by atoms with Crippen molar-refractivity contribution in [3.63, 3.8) is 0 Å². The van der Waals surface area contributed by atoms with Crippen LogP contribution >= 0.6 is 0 Å². The number of benzene rings is 1. The van der Waals surface area contributed by atoms with Gasteiger partial charge in [-0.15, -0.1) is 0 Å². The fraction of sp³-hybridized carbons (Fsp3) is 0.364. The summed E-state index contributed by atoms with van der Waals surface area (Å²) in [5.41, 5.74) is 9.91. The lowest BCUT2D eigenvalue weighted by Gasteiger charge is -2.06. The average Bonchev–Trinajstić information content (AvgIpc) is 2.85. The minimum atomic E-state index is 0.344. The van der Waals surface area contributed by atoms with Gasteiger partial charge in [-0.3, -0.25) is 0 Å². The molecule has 7 nitrogen and oxygen atoms in total. The first-order chi connectivity index (χ1) is 8.90. The number of aromatic amines is 1. The van der Waals surface area contributed by atoms with E-state index >= 15 is 0 Å². The smallest absolute Gasteiger partial charge is 0.121 e. The Hall–Kier alpha value is -2.24. The molecule has 0 saturated carbocycles. The zero-order valence-corrected chi connectivity index (χ0v) is 9.74. The molecule has 1 aromatic carbocycles. The highest BCUT2D eigenvalue weighted by Crippen LogP contribution is 2.17. The molecule has 1 N–H and O–H groups in total. The van der Waals surface area contributed by atoms with Crippen molar-refractivity contribution in [1.29, 1.82) is 0 Å². The van der Waals surface area contributed by atoms with Crippen LogP contribution in [0.5, 0.6) is 5.75 Å². The van der Waals surface area contributed by atoms with Crippen molar-refractivity contribution in [2.24, 2.45) is 5.11 Å². The maximum Gasteiger partial charge on any atom is 0.121 e. The van der Waals surface area contributed by atoms with Gasteiger partial charge in [0.15, 0.2) is 0 Å². The molecule has 0 aliphatic carbocycles. The summed E-state index contributed by atoms with van der Waals surface area (Å²) in [7, 11) is 0. The van der Waals surface area contributed by atoms with E-state index in [1.807, 2.05) is 18.2 Å². The number of aromatic nitrogens is 2.